The van der Waals surface area contributed by atoms with E-state index in [1.165, 1.54) is 0 Å². The summed E-state index contributed by atoms with van der Waals surface area (Å²) in [6.07, 6.45) is 0.445. The molecule has 1 aromatic rings. The normalized spacial score (nSPS) is 16.1. The van der Waals surface area contributed by atoms with Gasteiger partial charge in [0.15, 0.2) is 0 Å². The molecule has 1 radical (unpaired) electrons. The van der Waals surface area contributed by atoms with Gasteiger partial charge in [-0.05, 0) is 33.3 Å². The molecule has 0 saturated carbocycles. The average Bonchev–Trinajstić information content (AvgIpc) is 2.54. The zero-order chi connectivity index (χ0) is 17.8. The van der Waals surface area contributed by atoms with Gasteiger partial charge in [0.2, 0.25) is 5.91 Å². The Labute approximate surface area is 150 Å². The first-order chi connectivity index (χ1) is 11.2. The number of carbonyl (C=O) groups excluding carboxylic acids is 1. The second-order valence-electron chi connectivity index (χ2n) is 7.22. The summed E-state index contributed by atoms with van der Waals surface area (Å²) >= 11 is 1.90. The fourth-order valence-electron chi connectivity index (χ4n) is 2.17. The molecule has 1 amide bonds. The van der Waals surface area contributed by atoms with Crippen LogP contribution in [0.1, 0.15) is 33.3 Å². The van der Waals surface area contributed by atoms with E-state index in [0.29, 0.717) is 6.42 Å². The number of hydrogen-bond donors (Lipinski definition) is 1. The molecule has 0 spiro atoms. The Hall–Kier alpha value is -0.975. The largest absolute Gasteiger partial charge is 0.427 e. The average molecular weight is 348 g/mol. The van der Waals surface area contributed by atoms with Crippen LogP contribution in [0.15, 0.2) is 24.3 Å². The molecule has 1 heterocycles. The van der Waals surface area contributed by atoms with Crippen molar-refractivity contribution >= 4 is 30.6 Å². The summed E-state index contributed by atoms with van der Waals surface area (Å²) in [5, 5.41) is 10.1. The lowest BCUT2D eigenvalue weighted by Gasteiger charge is -2.37. The predicted octanol–water partition coefficient (Wildman–Crippen LogP) is 1.62. The number of nitrogens with zero attached hydrogens (tertiary/aromatic N) is 1. The first-order valence-electron chi connectivity index (χ1n) is 8.37. The Morgan fingerprint density at radius 1 is 1.21 bits per heavy atom. The van der Waals surface area contributed by atoms with Gasteiger partial charge in [0, 0.05) is 24.6 Å². The van der Waals surface area contributed by atoms with Gasteiger partial charge in [-0.25, -0.2) is 0 Å². The number of amides is 1. The van der Waals surface area contributed by atoms with Crippen LogP contribution in [0.3, 0.4) is 0 Å². The van der Waals surface area contributed by atoms with Crippen LogP contribution >= 0.6 is 11.8 Å². The number of benzene rings is 1. The number of rotatable bonds is 6. The highest BCUT2D eigenvalue weighted by Crippen LogP contribution is 2.24. The van der Waals surface area contributed by atoms with Crippen LogP contribution in [-0.4, -0.2) is 59.2 Å². The zero-order valence-electron chi connectivity index (χ0n) is 15.0. The topological polar surface area (TPSA) is 49.8 Å². The van der Waals surface area contributed by atoms with E-state index in [1.807, 2.05) is 54.8 Å². The third-order valence-corrected chi connectivity index (χ3v) is 5.60. The van der Waals surface area contributed by atoms with Crippen molar-refractivity contribution in [3.05, 3.63) is 29.8 Å². The van der Waals surface area contributed by atoms with Crippen molar-refractivity contribution < 1.29 is 14.6 Å². The monoisotopic (exact) mass is 348 g/mol. The molecule has 1 aromatic carbocycles. The lowest BCUT2D eigenvalue weighted by molar-refractivity contribution is -0.130. The van der Waals surface area contributed by atoms with Gasteiger partial charge in [-0.2, -0.15) is 11.8 Å². The Morgan fingerprint density at radius 3 is 2.33 bits per heavy atom. The molecule has 2 rings (SSSR count). The van der Waals surface area contributed by atoms with Gasteiger partial charge in [-0.15, -0.1) is 0 Å². The standard InChI is InChI=1S/C18H27BNO3S/c1-17(2,22)18(3,4)23-19-15-7-5-14(6-8-15)13-16(21)20-9-11-24-12-10-20/h5-8,22H,9-13H2,1-4H3. The van der Waals surface area contributed by atoms with Gasteiger partial charge >= 0.3 is 7.48 Å². The summed E-state index contributed by atoms with van der Waals surface area (Å²) in [5.74, 6) is 2.27. The highest BCUT2D eigenvalue weighted by atomic mass is 32.2. The quantitative estimate of drug-likeness (QED) is 0.794. The molecule has 0 bridgehead atoms. The molecule has 0 atom stereocenters. The van der Waals surface area contributed by atoms with E-state index in [1.54, 1.807) is 21.3 Å². The highest BCUT2D eigenvalue weighted by molar-refractivity contribution is 7.99. The minimum absolute atomic E-state index is 0.200. The minimum atomic E-state index is -0.942. The van der Waals surface area contributed by atoms with E-state index in [0.717, 1.165) is 35.6 Å². The van der Waals surface area contributed by atoms with E-state index in [2.05, 4.69) is 0 Å². The van der Waals surface area contributed by atoms with Crippen molar-refractivity contribution in [3.63, 3.8) is 0 Å². The van der Waals surface area contributed by atoms with E-state index in [4.69, 9.17) is 4.65 Å². The van der Waals surface area contributed by atoms with Gasteiger partial charge in [-0.1, -0.05) is 29.7 Å². The van der Waals surface area contributed by atoms with Crippen molar-refractivity contribution in [2.75, 3.05) is 24.6 Å². The van der Waals surface area contributed by atoms with Crippen LogP contribution in [0, 0.1) is 0 Å². The molecule has 0 aromatic heterocycles. The maximum absolute atomic E-state index is 12.3. The van der Waals surface area contributed by atoms with Gasteiger partial charge in [0.05, 0.1) is 17.6 Å². The first kappa shape index (κ1) is 19.4. The summed E-state index contributed by atoms with van der Waals surface area (Å²) in [6, 6.07) is 7.80. The molecule has 0 aliphatic carbocycles. The molecule has 4 nitrogen and oxygen atoms in total. The molecule has 131 valence electrons. The Balaban J connectivity index is 1.87. The van der Waals surface area contributed by atoms with Gasteiger partial charge < -0.3 is 14.7 Å². The number of carbonyl (C=O) groups is 1. The van der Waals surface area contributed by atoms with Crippen LogP contribution in [0.4, 0.5) is 0 Å². The van der Waals surface area contributed by atoms with Crippen molar-refractivity contribution in [2.45, 2.75) is 45.3 Å². The van der Waals surface area contributed by atoms with E-state index >= 15 is 0 Å². The van der Waals surface area contributed by atoms with E-state index < -0.39 is 11.2 Å². The molecule has 24 heavy (non-hydrogen) atoms. The van der Waals surface area contributed by atoms with Crippen molar-refractivity contribution in [3.8, 4) is 0 Å². The Kier molecular flexibility index (Phi) is 6.40. The number of thioether (sulfide) groups is 1. The Morgan fingerprint density at radius 2 is 1.79 bits per heavy atom. The Bertz CT molecular complexity index is 548. The third-order valence-electron chi connectivity index (χ3n) is 4.66. The van der Waals surface area contributed by atoms with Crippen LogP contribution in [-0.2, 0) is 15.9 Å². The molecular formula is C18H27BNO3S. The second-order valence-corrected chi connectivity index (χ2v) is 8.44. The van der Waals surface area contributed by atoms with Gasteiger partial charge in [-0.3, -0.25) is 4.79 Å². The zero-order valence-corrected chi connectivity index (χ0v) is 15.9. The predicted molar refractivity (Wildman–Crippen MR) is 101 cm³/mol. The lowest BCUT2D eigenvalue weighted by atomic mass is 9.82. The summed E-state index contributed by atoms with van der Waals surface area (Å²) in [6.45, 7) is 8.88. The fraction of sp³-hybridized carbons (Fsp3) is 0.611. The first-order valence-corrected chi connectivity index (χ1v) is 9.52. The summed E-state index contributed by atoms with van der Waals surface area (Å²) < 4.78 is 5.74. The van der Waals surface area contributed by atoms with Crippen molar-refractivity contribution in [1.82, 2.24) is 4.90 Å². The lowest BCUT2D eigenvalue weighted by Crippen LogP contribution is -2.49. The maximum atomic E-state index is 12.3. The van der Waals surface area contributed by atoms with Crippen molar-refractivity contribution in [1.29, 1.82) is 0 Å². The molecular weight excluding hydrogens is 321 g/mol. The SMILES string of the molecule is CC(C)(O)C(C)(C)O[B]c1ccc(CC(=O)N2CCSCC2)cc1. The van der Waals surface area contributed by atoms with Gasteiger partial charge in [0.1, 0.15) is 0 Å². The molecule has 1 saturated heterocycles. The summed E-state index contributed by atoms with van der Waals surface area (Å²) in [7, 11) is 1.66. The van der Waals surface area contributed by atoms with Crippen LogP contribution in [0.25, 0.3) is 0 Å². The fourth-order valence-corrected chi connectivity index (χ4v) is 3.08. The summed E-state index contributed by atoms with van der Waals surface area (Å²) in [4.78, 5) is 14.2. The molecule has 1 aliphatic heterocycles. The van der Waals surface area contributed by atoms with Crippen molar-refractivity contribution in [2.24, 2.45) is 0 Å². The molecule has 1 aliphatic rings. The summed E-state index contributed by atoms with van der Waals surface area (Å²) in [5.41, 5.74) is 0.297. The smallest absolute Gasteiger partial charge is 0.330 e. The molecule has 1 fully saturated rings. The molecule has 1 N–H and O–H groups in total. The number of hydrogen-bond acceptors (Lipinski definition) is 4. The van der Waals surface area contributed by atoms with Crippen LogP contribution in [0.2, 0.25) is 0 Å². The van der Waals surface area contributed by atoms with Crippen LogP contribution in [0.5, 0.6) is 0 Å². The van der Waals surface area contributed by atoms with E-state index in [9.17, 15) is 9.90 Å². The van der Waals surface area contributed by atoms with Gasteiger partial charge in [0.25, 0.3) is 0 Å². The highest BCUT2D eigenvalue weighted by Gasteiger charge is 2.35. The molecule has 0 unspecified atom stereocenters. The third kappa shape index (κ3) is 5.26. The van der Waals surface area contributed by atoms with E-state index in [-0.39, 0.29) is 5.91 Å². The second kappa shape index (κ2) is 7.94. The maximum Gasteiger partial charge on any atom is 0.330 e. The minimum Gasteiger partial charge on any atom is -0.427 e. The number of aliphatic hydroxyl groups is 1. The molecule has 6 heteroatoms. The van der Waals surface area contributed by atoms with Crippen LogP contribution < -0.4 is 5.46 Å².